The van der Waals surface area contributed by atoms with Crippen molar-refractivity contribution in [1.82, 2.24) is 4.90 Å². The second kappa shape index (κ2) is 7.61. The molecule has 0 unspecified atom stereocenters. The van der Waals surface area contributed by atoms with Gasteiger partial charge in [-0.25, -0.2) is 9.69 Å². The molecule has 0 radical (unpaired) electrons. The van der Waals surface area contributed by atoms with Crippen LogP contribution in [0.4, 0.5) is 10.5 Å². The van der Waals surface area contributed by atoms with Gasteiger partial charge in [-0.1, -0.05) is 51.8 Å². The van der Waals surface area contributed by atoms with Gasteiger partial charge in [0.25, 0.3) is 11.8 Å². The highest BCUT2D eigenvalue weighted by atomic mass is 79.9. The number of amides is 3. The molecule has 2 atom stereocenters. The lowest BCUT2D eigenvalue weighted by Gasteiger charge is -2.24. The van der Waals surface area contributed by atoms with Crippen LogP contribution < -0.4 is 5.32 Å². The first kappa shape index (κ1) is 21.0. The molecule has 150 valence electrons. The van der Waals surface area contributed by atoms with Crippen LogP contribution in [0.25, 0.3) is 0 Å². The maximum absolute atomic E-state index is 12.8. The van der Waals surface area contributed by atoms with Gasteiger partial charge in [0.2, 0.25) is 0 Å². The quantitative estimate of drug-likeness (QED) is 0.596. The van der Waals surface area contributed by atoms with Gasteiger partial charge in [-0.15, -0.1) is 0 Å². The van der Waals surface area contributed by atoms with Crippen molar-refractivity contribution in [3.8, 4) is 0 Å². The number of cyclic esters (lactones) is 1. The number of nitrogens with one attached hydrogen (secondary N) is 1. The summed E-state index contributed by atoms with van der Waals surface area (Å²) in [5.74, 6) is -1.01. The van der Waals surface area contributed by atoms with Crippen molar-refractivity contribution in [2.45, 2.75) is 38.8 Å². The Morgan fingerprint density at radius 2 is 2.11 bits per heavy atom. The van der Waals surface area contributed by atoms with E-state index in [0.717, 1.165) is 9.37 Å². The maximum atomic E-state index is 12.8. The smallest absolute Gasteiger partial charge is 0.417 e. The van der Waals surface area contributed by atoms with Gasteiger partial charge in [-0.3, -0.25) is 9.59 Å². The molecule has 9 heteroatoms. The van der Waals surface area contributed by atoms with E-state index in [1.165, 1.54) is 6.08 Å². The fourth-order valence-corrected chi connectivity index (χ4v) is 4.92. The van der Waals surface area contributed by atoms with E-state index in [-0.39, 0.29) is 30.6 Å². The van der Waals surface area contributed by atoms with Crippen LogP contribution in [0.1, 0.15) is 32.8 Å². The summed E-state index contributed by atoms with van der Waals surface area (Å²) in [6.07, 6.45) is 0.694. The average Bonchev–Trinajstić information content (AvgIpc) is 3.10. The molecule has 2 heterocycles. The minimum atomic E-state index is -1.82. The van der Waals surface area contributed by atoms with Crippen LogP contribution in [-0.2, 0) is 19.9 Å². The van der Waals surface area contributed by atoms with Crippen LogP contribution in [0, 0.1) is 5.92 Å². The third kappa shape index (κ3) is 3.51. The van der Waals surface area contributed by atoms with Gasteiger partial charge in [-0.2, -0.15) is 0 Å². The summed E-state index contributed by atoms with van der Waals surface area (Å²) in [7, 11) is 0. The normalized spacial score (nSPS) is 24.5. The second-order valence-electron chi connectivity index (χ2n) is 7.28. The molecule has 0 aromatic heterocycles. The third-order valence-corrected chi connectivity index (χ3v) is 6.11. The summed E-state index contributed by atoms with van der Waals surface area (Å²) >= 11 is 6.73. The molecule has 28 heavy (non-hydrogen) atoms. The van der Waals surface area contributed by atoms with Crippen molar-refractivity contribution >= 4 is 55.5 Å². The van der Waals surface area contributed by atoms with E-state index < -0.39 is 23.5 Å². The molecule has 1 fully saturated rings. The van der Waals surface area contributed by atoms with Crippen molar-refractivity contribution in [3.05, 3.63) is 38.3 Å². The lowest BCUT2D eigenvalue weighted by molar-refractivity contribution is -0.133. The molecule has 2 aliphatic heterocycles. The van der Waals surface area contributed by atoms with Crippen molar-refractivity contribution in [3.63, 3.8) is 0 Å². The molecule has 0 bridgehead atoms. The molecule has 2 N–H and O–H groups in total. The van der Waals surface area contributed by atoms with E-state index in [9.17, 15) is 19.5 Å². The first-order valence-electron chi connectivity index (χ1n) is 8.76. The van der Waals surface area contributed by atoms with Gasteiger partial charge in [0.05, 0.1) is 6.04 Å². The molecular weight excluding hydrogens is 496 g/mol. The standard InChI is InChI=1S/C19H20Br2N2O5/c1-9(2)14-8-28-18(26)23(14)16(24)10(3)4-5-19(27)15-12(21)6-11(20)7-13(15)22-17(19)25/h4,6-7,9,14,27H,5,8H2,1-3H3,(H,22,25)/b10-4+/t14-,19+/m0/s1. The van der Waals surface area contributed by atoms with Crippen LogP contribution in [-0.4, -0.2) is 40.6 Å². The van der Waals surface area contributed by atoms with Crippen LogP contribution in [0.2, 0.25) is 0 Å². The van der Waals surface area contributed by atoms with Crippen molar-refractivity contribution in [1.29, 1.82) is 0 Å². The number of fused-ring (bicyclic) bond motifs is 1. The number of anilines is 1. The number of imide groups is 1. The molecule has 3 rings (SSSR count). The van der Waals surface area contributed by atoms with Crippen molar-refractivity contribution < 1.29 is 24.2 Å². The molecule has 1 saturated heterocycles. The van der Waals surface area contributed by atoms with Crippen LogP contribution in [0.15, 0.2) is 32.7 Å². The average molecular weight is 516 g/mol. The largest absolute Gasteiger partial charge is 0.447 e. The summed E-state index contributed by atoms with van der Waals surface area (Å²) in [4.78, 5) is 38.3. The highest BCUT2D eigenvalue weighted by molar-refractivity contribution is 9.11. The fraction of sp³-hybridized carbons (Fsp3) is 0.421. The number of nitrogens with zero attached hydrogens (tertiary/aromatic N) is 1. The summed E-state index contributed by atoms with van der Waals surface area (Å²) in [5, 5.41) is 13.7. The van der Waals surface area contributed by atoms with Gasteiger partial charge < -0.3 is 15.2 Å². The minimum absolute atomic E-state index is 0.0503. The van der Waals surface area contributed by atoms with Crippen LogP contribution in [0.5, 0.6) is 0 Å². The Balaban J connectivity index is 1.87. The zero-order valence-electron chi connectivity index (χ0n) is 15.6. The Labute approximate surface area is 179 Å². The van der Waals surface area contributed by atoms with Gasteiger partial charge in [0, 0.05) is 32.2 Å². The van der Waals surface area contributed by atoms with E-state index in [4.69, 9.17) is 4.74 Å². The Hall–Kier alpha value is -1.71. The molecule has 1 aromatic rings. The second-order valence-corrected chi connectivity index (χ2v) is 9.05. The molecule has 3 amide bonds. The Morgan fingerprint density at radius 3 is 2.75 bits per heavy atom. The molecular formula is C19H20Br2N2O5. The number of hydrogen-bond donors (Lipinski definition) is 2. The fourth-order valence-electron chi connectivity index (χ4n) is 3.36. The van der Waals surface area contributed by atoms with Gasteiger partial charge in [0.1, 0.15) is 6.61 Å². The summed E-state index contributed by atoms with van der Waals surface area (Å²) in [6, 6.07) is 3.10. The number of hydrogen-bond acceptors (Lipinski definition) is 5. The maximum Gasteiger partial charge on any atom is 0.417 e. The number of rotatable bonds is 4. The number of aliphatic hydroxyl groups is 1. The van der Waals surface area contributed by atoms with Crippen molar-refractivity contribution in [2.24, 2.45) is 5.92 Å². The number of halogens is 2. The highest BCUT2D eigenvalue weighted by Gasteiger charge is 2.46. The van der Waals surface area contributed by atoms with E-state index in [2.05, 4.69) is 37.2 Å². The molecule has 7 nitrogen and oxygen atoms in total. The lowest BCUT2D eigenvalue weighted by Crippen LogP contribution is -2.42. The zero-order chi connectivity index (χ0) is 20.8. The predicted octanol–water partition coefficient (Wildman–Crippen LogP) is 3.69. The van der Waals surface area contributed by atoms with E-state index in [1.807, 2.05) is 13.8 Å². The van der Waals surface area contributed by atoms with Crippen molar-refractivity contribution in [2.75, 3.05) is 11.9 Å². The van der Waals surface area contributed by atoms with E-state index in [0.29, 0.717) is 15.7 Å². The first-order chi connectivity index (χ1) is 13.1. The van der Waals surface area contributed by atoms with Gasteiger partial charge in [0.15, 0.2) is 5.60 Å². The SMILES string of the molecule is C/C(=C\C[C@]1(O)C(=O)Nc2cc(Br)cc(Br)c21)C(=O)N1C(=O)OC[C@H]1C(C)C. The zero-order valence-corrected chi connectivity index (χ0v) is 18.8. The Kier molecular flexibility index (Phi) is 5.71. The van der Waals surface area contributed by atoms with Gasteiger partial charge >= 0.3 is 6.09 Å². The number of carbonyl (C=O) groups excluding carboxylic acids is 3. The third-order valence-electron chi connectivity index (χ3n) is 5.03. The molecule has 0 saturated carbocycles. The van der Waals surface area contributed by atoms with E-state index in [1.54, 1.807) is 19.1 Å². The summed E-state index contributed by atoms with van der Waals surface area (Å²) in [5.41, 5.74) is -0.654. The van der Waals surface area contributed by atoms with E-state index >= 15 is 0 Å². The summed E-state index contributed by atoms with van der Waals surface area (Å²) < 4.78 is 6.33. The molecule has 1 aromatic carbocycles. The number of benzene rings is 1. The lowest BCUT2D eigenvalue weighted by atomic mass is 9.91. The van der Waals surface area contributed by atoms with Crippen LogP contribution in [0.3, 0.4) is 0 Å². The minimum Gasteiger partial charge on any atom is -0.447 e. The molecule has 2 aliphatic rings. The highest BCUT2D eigenvalue weighted by Crippen LogP contribution is 2.44. The predicted molar refractivity (Wildman–Crippen MR) is 110 cm³/mol. The molecule has 0 aliphatic carbocycles. The first-order valence-corrected chi connectivity index (χ1v) is 10.3. The number of carbonyl (C=O) groups is 3. The Morgan fingerprint density at radius 1 is 1.43 bits per heavy atom. The van der Waals surface area contributed by atoms with Gasteiger partial charge in [-0.05, 0) is 25.0 Å². The molecule has 0 spiro atoms. The Bertz CT molecular complexity index is 899. The summed E-state index contributed by atoms with van der Waals surface area (Å²) in [6.45, 7) is 5.53. The topological polar surface area (TPSA) is 95.9 Å². The number of ether oxygens (including phenoxy) is 1. The monoisotopic (exact) mass is 514 g/mol. The van der Waals surface area contributed by atoms with Crippen LogP contribution >= 0.6 is 31.9 Å².